The number of imidazole rings is 1. The number of carbonyl (C=O) groups is 1. The Morgan fingerprint density at radius 3 is 2.79 bits per heavy atom. The first kappa shape index (κ1) is 15.1. The highest BCUT2D eigenvalue weighted by atomic mass is 16.1. The summed E-state index contributed by atoms with van der Waals surface area (Å²) >= 11 is 0. The van der Waals surface area contributed by atoms with Crippen LogP contribution in [-0.2, 0) is 0 Å². The van der Waals surface area contributed by atoms with Crippen LogP contribution in [0.1, 0.15) is 42.9 Å². The lowest BCUT2D eigenvalue weighted by molar-refractivity contribution is 0.0997. The quantitative estimate of drug-likeness (QED) is 0.928. The molecule has 1 amide bonds. The fourth-order valence-electron chi connectivity index (χ4n) is 3.52. The zero-order chi connectivity index (χ0) is 17.1. The van der Waals surface area contributed by atoms with Gasteiger partial charge in [-0.1, -0.05) is 6.08 Å². The first-order chi connectivity index (χ1) is 11.4. The number of rotatable bonds is 4. The van der Waals surface area contributed by atoms with Gasteiger partial charge < -0.3 is 5.73 Å². The van der Waals surface area contributed by atoms with Crippen molar-refractivity contribution < 1.29 is 4.79 Å². The highest BCUT2D eigenvalue weighted by Crippen LogP contribution is 2.44. The van der Waals surface area contributed by atoms with E-state index >= 15 is 0 Å². The van der Waals surface area contributed by atoms with E-state index in [2.05, 4.69) is 39.9 Å². The Morgan fingerprint density at radius 2 is 2.12 bits per heavy atom. The minimum atomic E-state index is -0.561. The summed E-state index contributed by atoms with van der Waals surface area (Å²) in [4.78, 5) is 20.4. The zero-order valence-electron chi connectivity index (χ0n) is 14.2. The number of hydrazine groups is 1. The third kappa shape index (κ3) is 2.19. The molecule has 126 valence electrons. The molecule has 1 aliphatic carbocycles. The van der Waals surface area contributed by atoms with Gasteiger partial charge in [-0.15, -0.1) is 0 Å². The maximum atomic E-state index is 11.6. The molecule has 0 saturated heterocycles. The summed E-state index contributed by atoms with van der Waals surface area (Å²) in [5.74, 6) is 0.931. The Morgan fingerprint density at radius 1 is 1.38 bits per heavy atom. The number of hydrogen-bond acceptors (Lipinski definition) is 5. The predicted octanol–water partition coefficient (Wildman–Crippen LogP) is 1.88. The molecule has 2 N–H and O–H groups in total. The minimum absolute atomic E-state index is 0.0674. The average Bonchev–Trinajstić information content (AvgIpc) is 3.11. The maximum Gasteiger partial charge on any atom is 0.271 e. The van der Waals surface area contributed by atoms with E-state index in [1.165, 1.54) is 12.8 Å². The SMILES string of the molecule is Cc1cc(N2C=CCN2C(C)(C)C2CC2)nc2c(C(N)=O)ncn12. The van der Waals surface area contributed by atoms with Crippen LogP contribution in [0.15, 0.2) is 24.7 Å². The standard InChI is InChI=1S/C17H22N6O/c1-11-9-13(20-16-14(15(18)24)19-10-21(11)16)22-7-4-8-23(22)17(2,3)12-5-6-12/h4,7,9-10,12H,5-6,8H2,1-3H3,(H2,18,24). The second-order valence-electron chi connectivity index (χ2n) is 7.15. The summed E-state index contributed by atoms with van der Waals surface area (Å²) in [5.41, 5.74) is 7.16. The smallest absolute Gasteiger partial charge is 0.271 e. The summed E-state index contributed by atoms with van der Waals surface area (Å²) in [5, 5.41) is 4.42. The van der Waals surface area contributed by atoms with Gasteiger partial charge in [0, 0.05) is 30.0 Å². The van der Waals surface area contributed by atoms with Crippen LogP contribution in [0.3, 0.4) is 0 Å². The van der Waals surface area contributed by atoms with Crippen molar-refractivity contribution in [3.8, 4) is 0 Å². The molecule has 4 rings (SSSR count). The topological polar surface area (TPSA) is 79.8 Å². The van der Waals surface area contributed by atoms with Crippen molar-refractivity contribution in [2.45, 2.75) is 39.2 Å². The molecule has 0 unspecified atom stereocenters. The van der Waals surface area contributed by atoms with E-state index < -0.39 is 5.91 Å². The normalized spacial score (nSPS) is 18.7. The van der Waals surface area contributed by atoms with Gasteiger partial charge in [-0.2, -0.15) is 0 Å². The van der Waals surface area contributed by atoms with Crippen molar-refractivity contribution in [2.75, 3.05) is 11.6 Å². The molecule has 1 saturated carbocycles. The van der Waals surface area contributed by atoms with Crippen molar-refractivity contribution in [1.29, 1.82) is 0 Å². The van der Waals surface area contributed by atoms with Crippen molar-refractivity contribution in [2.24, 2.45) is 11.7 Å². The molecule has 1 fully saturated rings. The molecular formula is C17H22N6O. The average molecular weight is 326 g/mol. The van der Waals surface area contributed by atoms with E-state index in [9.17, 15) is 4.79 Å². The Labute approximate surface area is 140 Å². The van der Waals surface area contributed by atoms with E-state index in [1.807, 2.05) is 19.2 Å². The highest BCUT2D eigenvalue weighted by molar-refractivity contribution is 5.96. The number of primary amides is 1. The number of aromatic nitrogens is 3. The molecule has 0 spiro atoms. The van der Waals surface area contributed by atoms with Crippen molar-refractivity contribution in [3.05, 3.63) is 36.1 Å². The lowest BCUT2D eigenvalue weighted by atomic mass is 9.98. The van der Waals surface area contributed by atoms with Crippen LogP contribution in [0.4, 0.5) is 5.82 Å². The van der Waals surface area contributed by atoms with Crippen LogP contribution in [0, 0.1) is 12.8 Å². The van der Waals surface area contributed by atoms with Gasteiger partial charge in [0.2, 0.25) is 0 Å². The predicted molar refractivity (Wildman–Crippen MR) is 91.4 cm³/mol. The molecule has 3 heterocycles. The molecule has 0 radical (unpaired) electrons. The summed E-state index contributed by atoms with van der Waals surface area (Å²) in [7, 11) is 0. The number of nitrogens with zero attached hydrogens (tertiary/aromatic N) is 5. The molecule has 1 aliphatic heterocycles. The van der Waals surface area contributed by atoms with Gasteiger partial charge in [0.25, 0.3) is 5.91 Å². The van der Waals surface area contributed by atoms with Crippen LogP contribution < -0.4 is 10.7 Å². The Balaban J connectivity index is 1.79. The lowest BCUT2D eigenvalue weighted by Crippen LogP contribution is -2.52. The van der Waals surface area contributed by atoms with Crippen LogP contribution >= 0.6 is 0 Å². The Hall–Kier alpha value is -2.41. The molecule has 0 atom stereocenters. The molecule has 2 aromatic rings. The largest absolute Gasteiger partial charge is 0.364 e. The van der Waals surface area contributed by atoms with Crippen LogP contribution in [0.25, 0.3) is 5.65 Å². The molecule has 2 aromatic heterocycles. The summed E-state index contributed by atoms with van der Waals surface area (Å²) in [6.07, 6.45) is 8.32. The highest BCUT2D eigenvalue weighted by Gasteiger charge is 2.45. The van der Waals surface area contributed by atoms with Gasteiger partial charge in [0.15, 0.2) is 17.2 Å². The minimum Gasteiger partial charge on any atom is -0.364 e. The second-order valence-corrected chi connectivity index (χ2v) is 7.15. The van der Waals surface area contributed by atoms with Gasteiger partial charge >= 0.3 is 0 Å². The van der Waals surface area contributed by atoms with E-state index in [-0.39, 0.29) is 11.2 Å². The lowest BCUT2D eigenvalue weighted by Gasteiger charge is -2.41. The zero-order valence-corrected chi connectivity index (χ0v) is 14.2. The van der Waals surface area contributed by atoms with Gasteiger partial charge in [-0.3, -0.25) is 14.2 Å². The number of nitrogens with two attached hydrogens (primary N) is 1. The van der Waals surface area contributed by atoms with Crippen LogP contribution in [0.5, 0.6) is 0 Å². The van der Waals surface area contributed by atoms with Gasteiger partial charge in [-0.25, -0.2) is 15.0 Å². The van der Waals surface area contributed by atoms with Gasteiger partial charge in [-0.05, 0) is 39.5 Å². The fourth-order valence-corrected chi connectivity index (χ4v) is 3.52. The molecule has 24 heavy (non-hydrogen) atoms. The first-order valence-electron chi connectivity index (χ1n) is 8.27. The molecule has 7 nitrogen and oxygen atoms in total. The van der Waals surface area contributed by atoms with Crippen LogP contribution in [-0.4, -0.2) is 37.4 Å². The monoisotopic (exact) mass is 326 g/mol. The van der Waals surface area contributed by atoms with E-state index in [0.29, 0.717) is 11.6 Å². The Bertz CT molecular complexity index is 848. The van der Waals surface area contributed by atoms with E-state index in [0.717, 1.165) is 18.1 Å². The molecule has 0 aromatic carbocycles. The number of fused-ring (bicyclic) bond motifs is 1. The number of carbonyl (C=O) groups excluding carboxylic acids is 1. The van der Waals surface area contributed by atoms with Gasteiger partial charge in [0.05, 0.1) is 0 Å². The molecule has 2 aliphatic rings. The second kappa shape index (κ2) is 5.04. The molecule has 7 heteroatoms. The van der Waals surface area contributed by atoms with Crippen molar-refractivity contribution in [3.63, 3.8) is 0 Å². The summed E-state index contributed by atoms with van der Waals surface area (Å²) < 4.78 is 1.79. The summed E-state index contributed by atoms with van der Waals surface area (Å²) in [6.45, 7) is 7.39. The van der Waals surface area contributed by atoms with Crippen molar-refractivity contribution >= 4 is 17.4 Å². The van der Waals surface area contributed by atoms with Gasteiger partial charge in [0.1, 0.15) is 6.33 Å². The Kier molecular flexibility index (Phi) is 3.18. The maximum absolute atomic E-state index is 11.6. The number of hydrogen-bond donors (Lipinski definition) is 1. The third-order valence-electron chi connectivity index (χ3n) is 5.18. The fraction of sp³-hybridized carbons (Fsp3) is 0.471. The molecule has 0 bridgehead atoms. The van der Waals surface area contributed by atoms with E-state index in [4.69, 9.17) is 5.73 Å². The van der Waals surface area contributed by atoms with Crippen molar-refractivity contribution in [1.82, 2.24) is 19.4 Å². The third-order valence-corrected chi connectivity index (χ3v) is 5.18. The van der Waals surface area contributed by atoms with E-state index in [1.54, 1.807) is 10.7 Å². The number of anilines is 1. The number of aryl methyl sites for hydroxylation is 1. The van der Waals surface area contributed by atoms with Crippen LogP contribution in [0.2, 0.25) is 0 Å². The molecular weight excluding hydrogens is 304 g/mol. The first-order valence-corrected chi connectivity index (χ1v) is 8.27. The summed E-state index contributed by atoms with van der Waals surface area (Å²) in [6, 6.07) is 2.01. The number of amides is 1.